The van der Waals surface area contributed by atoms with Crippen LogP contribution in [0.5, 0.6) is 0 Å². The van der Waals surface area contributed by atoms with Gasteiger partial charge in [-0.1, -0.05) is 15.9 Å². The van der Waals surface area contributed by atoms with Gasteiger partial charge >= 0.3 is 0 Å². The number of benzene rings is 1. The molecule has 2 rings (SSSR count). The Morgan fingerprint density at radius 1 is 1.22 bits per heavy atom. The van der Waals surface area contributed by atoms with Crippen LogP contribution in [0.1, 0.15) is 0 Å². The molecule has 2 aromatic rings. The molecule has 1 aromatic carbocycles. The van der Waals surface area contributed by atoms with E-state index in [9.17, 15) is 12.8 Å². The van der Waals surface area contributed by atoms with E-state index in [4.69, 9.17) is 0 Å². The number of anilines is 1. The van der Waals surface area contributed by atoms with E-state index in [1.54, 1.807) is 0 Å². The third-order valence-corrected chi connectivity index (χ3v) is 3.81. The molecular formula is C10H7BrFN3O2S. The van der Waals surface area contributed by atoms with Crippen molar-refractivity contribution in [1.29, 1.82) is 0 Å². The van der Waals surface area contributed by atoms with Crippen LogP contribution in [0.25, 0.3) is 0 Å². The number of hydrogen-bond acceptors (Lipinski definition) is 4. The average Bonchev–Trinajstić information content (AvgIpc) is 2.33. The van der Waals surface area contributed by atoms with Crippen LogP contribution in [-0.2, 0) is 10.0 Å². The van der Waals surface area contributed by atoms with Crippen molar-refractivity contribution in [3.63, 3.8) is 0 Å². The zero-order chi connectivity index (χ0) is 13.2. The standard InChI is InChI=1S/C10H7BrFN3O2S/c11-7-2-3-8(12)9(6-7)18(16,17)15-10-13-4-1-5-14-10/h1-6H,(H,13,14,15). The first-order chi connectivity index (χ1) is 8.49. The molecule has 0 unspecified atom stereocenters. The van der Waals surface area contributed by atoms with Gasteiger partial charge in [-0.25, -0.2) is 27.5 Å². The van der Waals surface area contributed by atoms with E-state index >= 15 is 0 Å². The number of halogens is 2. The number of aromatic nitrogens is 2. The van der Waals surface area contributed by atoms with Crippen LogP contribution in [0, 0.1) is 5.82 Å². The molecule has 0 bridgehead atoms. The van der Waals surface area contributed by atoms with Gasteiger partial charge in [0, 0.05) is 16.9 Å². The van der Waals surface area contributed by atoms with E-state index in [2.05, 4.69) is 30.6 Å². The predicted molar refractivity (Wildman–Crippen MR) is 66.9 cm³/mol. The number of nitrogens with zero attached hydrogens (tertiary/aromatic N) is 2. The first-order valence-electron chi connectivity index (χ1n) is 4.74. The minimum Gasteiger partial charge on any atom is -0.247 e. The van der Waals surface area contributed by atoms with Crippen molar-refractivity contribution in [2.75, 3.05) is 4.72 Å². The Labute approximate surface area is 111 Å². The maximum Gasteiger partial charge on any atom is 0.267 e. The molecule has 0 fully saturated rings. The highest BCUT2D eigenvalue weighted by atomic mass is 79.9. The Bertz CT molecular complexity index is 664. The minimum atomic E-state index is -4.05. The second-order valence-corrected chi connectivity index (χ2v) is 5.82. The number of nitrogens with one attached hydrogen (secondary N) is 1. The summed E-state index contributed by atoms with van der Waals surface area (Å²) in [7, 11) is -4.05. The molecule has 0 spiro atoms. The van der Waals surface area contributed by atoms with E-state index in [0.29, 0.717) is 4.47 Å². The second-order valence-electron chi connectivity index (χ2n) is 3.25. The van der Waals surface area contributed by atoms with Gasteiger partial charge in [0.1, 0.15) is 10.7 Å². The zero-order valence-electron chi connectivity index (χ0n) is 8.84. The lowest BCUT2D eigenvalue weighted by Crippen LogP contribution is -2.16. The largest absolute Gasteiger partial charge is 0.267 e. The maximum atomic E-state index is 13.5. The second kappa shape index (κ2) is 4.99. The molecule has 0 aliphatic heterocycles. The molecule has 1 N–H and O–H groups in total. The fraction of sp³-hybridized carbons (Fsp3) is 0. The first-order valence-corrected chi connectivity index (χ1v) is 7.01. The normalized spacial score (nSPS) is 11.2. The third kappa shape index (κ3) is 2.82. The van der Waals surface area contributed by atoms with Crippen molar-refractivity contribution in [3.8, 4) is 0 Å². The highest BCUT2D eigenvalue weighted by Crippen LogP contribution is 2.21. The molecule has 94 valence electrons. The van der Waals surface area contributed by atoms with Gasteiger partial charge in [0.15, 0.2) is 0 Å². The van der Waals surface area contributed by atoms with Crippen LogP contribution >= 0.6 is 15.9 Å². The average molecular weight is 332 g/mol. The number of rotatable bonds is 3. The van der Waals surface area contributed by atoms with Crippen molar-refractivity contribution < 1.29 is 12.8 Å². The van der Waals surface area contributed by atoms with E-state index in [0.717, 1.165) is 6.07 Å². The summed E-state index contributed by atoms with van der Waals surface area (Å²) in [4.78, 5) is 6.94. The topological polar surface area (TPSA) is 72.0 Å². The Morgan fingerprint density at radius 3 is 2.56 bits per heavy atom. The van der Waals surface area contributed by atoms with E-state index < -0.39 is 20.7 Å². The molecule has 0 saturated heterocycles. The summed E-state index contributed by atoms with van der Waals surface area (Å²) in [5.41, 5.74) is 0. The van der Waals surface area contributed by atoms with Crippen molar-refractivity contribution >= 4 is 31.9 Å². The highest BCUT2D eigenvalue weighted by Gasteiger charge is 2.20. The van der Waals surface area contributed by atoms with Gasteiger partial charge in [-0.2, -0.15) is 0 Å². The fourth-order valence-electron chi connectivity index (χ4n) is 1.21. The van der Waals surface area contributed by atoms with E-state index in [1.165, 1.54) is 30.6 Å². The van der Waals surface area contributed by atoms with Gasteiger partial charge in [0.25, 0.3) is 10.0 Å². The van der Waals surface area contributed by atoms with Gasteiger partial charge in [-0.3, -0.25) is 0 Å². The summed E-state index contributed by atoms with van der Waals surface area (Å²) in [6.07, 6.45) is 2.75. The predicted octanol–water partition coefficient (Wildman–Crippen LogP) is 2.18. The van der Waals surface area contributed by atoms with Crippen LogP contribution in [0.15, 0.2) is 46.0 Å². The Morgan fingerprint density at radius 2 is 1.89 bits per heavy atom. The summed E-state index contributed by atoms with van der Waals surface area (Å²) in [6, 6.07) is 5.18. The first kappa shape index (κ1) is 12.9. The Hall–Kier alpha value is -1.54. The van der Waals surface area contributed by atoms with Crippen molar-refractivity contribution in [3.05, 3.63) is 46.9 Å². The molecular weight excluding hydrogens is 325 g/mol. The third-order valence-electron chi connectivity index (χ3n) is 1.97. The number of hydrogen-bond donors (Lipinski definition) is 1. The van der Waals surface area contributed by atoms with Crippen molar-refractivity contribution in [1.82, 2.24) is 9.97 Å². The monoisotopic (exact) mass is 331 g/mol. The van der Waals surface area contributed by atoms with Crippen LogP contribution < -0.4 is 4.72 Å². The highest BCUT2D eigenvalue weighted by molar-refractivity contribution is 9.10. The van der Waals surface area contributed by atoms with Gasteiger partial charge in [0.05, 0.1) is 0 Å². The van der Waals surface area contributed by atoms with Gasteiger partial charge < -0.3 is 0 Å². The molecule has 0 aliphatic rings. The van der Waals surface area contributed by atoms with Gasteiger partial charge in [-0.15, -0.1) is 0 Å². The van der Waals surface area contributed by atoms with E-state index in [-0.39, 0.29) is 5.95 Å². The minimum absolute atomic E-state index is 0.114. The SMILES string of the molecule is O=S(=O)(Nc1ncccn1)c1cc(Br)ccc1F. The van der Waals surface area contributed by atoms with Crippen molar-refractivity contribution in [2.45, 2.75) is 4.90 Å². The summed E-state index contributed by atoms with van der Waals surface area (Å²) in [6.45, 7) is 0. The van der Waals surface area contributed by atoms with Crippen molar-refractivity contribution in [2.24, 2.45) is 0 Å². The Kier molecular flexibility index (Phi) is 3.58. The lowest BCUT2D eigenvalue weighted by Gasteiger charge is -2.07. The molecule has 1 heterocycles. The van der Waals surface area contributed by atoms with E-state index in [1.807, 2.05) is 0 Å². The molecule has 0 atom stereocenters. The summed E-state index contributed by atoms with van der Waals surface area (Å²) >= 11 is 3.08. The Balaban J connectivity index is 2.40. The molecule has 18 heavy (non-hydrogen) atoms. The summed E-state index contributed by atoms with van der Waals surface area (Å²) in [5, 5.41) is 0. The van der Waals surface area contributed by atoms with Crippen LogP contribution in [0.4, 0.5) is 10.3 Å². The van der Waals surface area contributed by atoms with Gasteiger partial charge in [0.2, 0.25) is 5.95 Å². The number of sulfonamides is 1. The summed E-state index contributed by atoms with van der Waals surface area (Å²) < 4.78 is 39.9. The van der Waals surface area contributed by atoms with Gasteiger partial charge in [-0.05, 0) is 24.3 Å². The molecule has 5 nitrogen and oxygen atoms in total. The molecule has 0 aliphatic carbocycles. The quantitative estimate of drug-likeness (QED) is 0.935. The smallest absolute Gasteiger partial charge is 0.247 e. The molecule has 1 aromatic heterocycles. The van der Waals surface area contributed by atoms with Crippen LogP contribution in [0.3, 0.4) is 0 Å². The molecule has 0 radical (unpaired) electrons. The molecule has 0 saturated carbocycles. The lowest BCUT2D eigenvalue weighted by atomic mass is 10.3. The lowest BCUT2D eigenvalue weighted by molar-refractivity contribution is 0.569. The zero-order valence-corrected chi connectivity index (χ0v) is 11.2. The van der Waals surface area contributed by atoms with Crippen LogP contribution in [0.2, 0.25) is 0 Å². The summed E-state index contributed by atoms with van der Waals surface area (Å²) in [5.74, 6) is -0.960. The van der Waals surface area contributed by atoms with Crippen LogP contribution in [-0.4, -0.2) is 18.4 Å². The fourth-order valence-corrected chi connectivity index (χ4v) is 2.79. The molecule has 8 heteroatoms. The maximum absolute atomic E-state index is 13.5. The molecule has 0 amide bonds.